The molecule has 0 bridgehead atoms. The molecule has 0 unspecified atom stereocenters. The van der Waals surface area contributed by atoms with Crippen molar-refractivity contribution in [2.45, 2.75) is 45.3 Å². The number of ether oxygens (including phenoxy) is 1. The monoisotopic (exact) mass is 311 g/mol. The average molecular weight is 312 g/mol. The molecular formula is C14H18ClN3O3. The normalized spacial score (nSPS) is 21.6. The molecule has 1 heterocycles. The first-order valence-corrected chi connectivity index (χ1v) is 7.34. The molecule has 0 aromatic carbocycles. The Labute approximate surface area is 128 Å². The van der Waals surface area contributed by atoms with Gasteiger partial charge in [-0.2, -0.15) is 0 Å². The molecule has 0 radical (unpaired) electrons. The highest BCUT2D eigenvalue weighted by atomic mass is 35.5. The van der Waals surface area contributed by atoms with E-state index >= 15 is 0 Å². The molecule has 0 aliphatic heterocycles. The van der Waals surface area contributed by atoms with Crippen LogP contribution in [-0.2, 0) is 20.9 Å². The summed E-state index contributed by atoms with van der Waals surface area (Å²) in [6, 6.07) is 0. The van der Waals surface area contributed by atoms with Gasteiger partial charge in [-0.15, -0.1) is 0 Å². The molecule has 1 aromatic rings. The molecule has 0 spiro atoms. The molecule has 1 aliphatic rings. The van der Waals surface area contributed by atoms with E-state index in [0.717, 1.165) is 25.7 Å². The molecule has 0 atom stereocenters. The van der Waals surface area contributed by atoms with Gasteiger partial charge >= 0.3 is 5.97 Å². The van der Waals surface area contributed by atoms with E-state index in [0.29, 0.717) is 10.8 Å². The van der Waals surface area contributed by atoms with Crippen LogP contribution in [0.3, 0.4) is 0 Å². The van der Waals surface area contributed by atoms with Gasteiger partial charge in [-0.25, -0.2) is 4.98 Å². The van der Waals surface area contributed by atoms with Crippen molar-refractivity contribution in [1.29, 1.82) is 0 Å². The zero-order valence-corrected chi connectivity index (χ0v) is 12.6. The third kappa shape index (κ3) is 4.67. The molecule has 1 amide bonds. The predicted molar refractivity (Wildman–Crippen MR) is 76.4 cm³/mol. The maximum atomic E-state index is 12.1. The Morgan fingerprint density at radius 2 is 1.95 bits per heavy atom. The zero-order chi connectivity index (χ0) is 15.2. The molecule has 114 valence electrons. The number of rotatable bonds is 4. The van der Waals surface area contributed by atoms with Gasteiger partial charge in [0, 0.05) is 25.2 Å². The van der Waals surface area contributed by atoms with Crippen molar-refractivity contribution in [3.05, 3.63) is 23.2 Å². The second-order valence-corrected chi connectivity index (χ2v) is 5.45. The molecule has 1 saturated carbocycles. The minimum Gasteiger partial charge on any atom is -0.463 e. The average Bonchev–Trinajstić information content (AvgIpc) is 2.46. The molecular weight excluding hydrogens is 294 g/mol. The van der Waals surface area contributed by atoms with Gasteiger partial charge in [0.05, 0.1) is 12.2 Å². The second kappa shape index (κ2) is 7.36. The number of hydrogen-bond donors (Lipinski definition) is 1. The van der Waals surface area contributed by atoms with Gasteiger partial charge < -0.3 is 10.1 Å². The largest absolute Gasteiger partial charge is 0.463 e. The van der Waals surface area contributed by atoms with Gasteiger partial charge in [0.2, 0.25) is 5.91 Å². The fourth-order valence-electron chi connectivity index (χ4n) is 2.46. The van der Waals surface area contributed by atoms with E-state index in [4.69, 9.17) is 16.3 Å². The molecule has 6 nitrogen and oxygen atoms in total. The maximum Gasteiger partial charge on any atom is 0.302 e. The Morgan fingerprint density at radius 1 is 1.29 bits per heavy atom. The number of carbonyl (C=O) groups excluding carboxylic acids is 2. The zero-order valence-electron chi connectivity index (χ0n) is 11.8. The first-order valence-electron chi connectivity index (χ1n) is 6.96. The second-order valence-electron chi connectivity index (χ2n) is 5.09. The highest BCUT2D eigenvalue weighted by Crippen LogP contribution is 2.26. The number of carbonyl (C=O) groups is 2. The van der Waals surface area contributed by atoms with Gasteiger partial charge in [0.25, 0.3) is 0 Å². The summed E-state index contributed by atoms with van der Waals surface area (Å²) in [4.78, 5) is 31.0. The van der Waals surface area contributed by atoms with Crippen molar-refractivity contribution in [2.75, 3.05) is 0 Å². The number of amides is 1. The molecule has 1 N–H and O–H groups in total. The number of hydrogen-bond acceptors (Lipinski definition) is 5. The van der Waals surface area contributed by atoms with Crippen LogP contribution in [0.25, 0.3) is 0 Å². The Balaban J connectivity index is 1.77. The lowest BCUT2D eigenvalue weighted by Gasteiger charge is -2.27. The first kappa shape index (κ1) is 15.7. The fraction of sp³-hybridized carbons (Fsp3) is 0.571. The van der Waals surface area contributed by atoms with Crippen molar-refractivity contribution in [1.82, 2.24) is 15.3 Å². The van der Waals surface area contributed by atoms with Crippen molar-refractivity contribution in [3.63, 3.8) is 0 Å². The third-order valence-electron chi connectivity index (χ3n) is 3.53. The summed E-state index contributed by atoms with van der Waals surface area (Å²) < 4.78 is 5.16. The van der Waals surface area contributed by atoms with Gasteiger partial charge in [0.15, 0.2) is 5.15 Å². The quantitative estimate of drug-likeness (QED) is 0.858. The van der Waals surface area contributed by atoms with E-state index in [1.807, 2.05) is 0 Å². The summed E-state index contributed by atoms with van der Waals surface area (Å²) in [6.07, 6.45) is 5.88. The number of nitrogens with one attached hydrogen (secondary N) is 1. The van der Waals surface area contributed by atoms with Gasteiger partial charge in [-0.1, -0.05) is 11.6 Å². The molecule has 0 saturated heterocycles. The van der Waals surface area contributed by atoms with Crippen LogP contribution in [0.1, 0.15) is 38.3 Å². The molecule has 1 fully saturated rings. The molecule has 2 rings (SSSR count). The first-order chi connectivity index (χ1) is 10.1. The van der Waals surface area contributed by atoms with Crippen LogP contribution in [0, 0.1) is 5.92 Å². The third-order valence-corrected chi connectivity index (χ3v) is 3.85. The van der Waals surface area contributed by atoms with E-state index in [-0.39, 0.29) is 30.4 Å². The Hall–Kier alpha value is -1.69. The van der Waals surface area contributed by atoms with E-state index in [2.05, 4.69) is 15.3 Å². The van der Waals surface area contributed by atoms with E-state index in [1.165, 1.54) is 19.3 Å². The predicted octanol–water partition coefficient (Wildman–Crippen LogP) is 1.87. The minimum atomic E-state index is -0.264. The smallest absolute Gasteiger partial charge is 0.302 e. The van der Waals surface area contributed by atoms with Crippen LogP contribution in [0.4, 0.5) is 0 Å². The van der Waals surface area contributed by atoms with Crippen LogP contribution < -0.4 is 5.32 Å². The van der Waals surface area contributed by atoms with E-state index < -0.39 is 0 Å². The van der Waals surface area contributed by atoms with Crippen molar-refractivity contribution in [2.24, 2.45) is 5.92 Å². The SMILES string of the molecule is CC(=O)OC1CCC(C(=O)NCc2nccnc2Cl)CC1. The Kier molecular flexibility index (Phi) is 5.50. The van der Waals surface area contributed by atoms with Crippen LogP contribution in [0.2, 0.25) is 5.15 Å². The van der Waals surface area contributed by atoms with Crippen LogP contribution in [0.5, 0.6) is 0 Å². The summed E-state index contributed by atoms with van der Waals surface area (Å²) in [5.41, 5.74) is 0.557. The van der Waals surface area contributed by atoms with E-state index in [1.54, 1.807) is 0 Å². The summed E-state index contributed by atoms with van der Waals surface area (Å²) in [5, 5.41) is 3.13. The van der Waals surface area contributed by atoms with Crippen molar-refractivity contribution >= 4 is 23.5 Å². The molecule has 1 aliphatic carbocycles. The Morgan fingerprint density at radius 3 is 2.57 bits per heavy atom. The summed E-state index contributed by atoms with van der Waals surface area (Å²) in [7, 11) is 0. The molecule has 7 heteroatoms. The summed E-state index contributed by atoms with van der Waals surface area (Å²) in [6.45, 7) is 1.68. The van der Waals surface area contributed by atoms with Crippen LogP contribution in [-0.4, -0.2) is 27.9 Å². The van der Waals surface area contributed by atoms with Gasteiger partial charge in [-0.05, 0) is 25.7 Å². The number of halogens is 1. The fourth-order valence-corrected chi connectivity index (χ4v) is 2.63. The van der Waals surface area contributed by atoms with Crippen LogP contribution >= 0.6 is 11.6 Å². The summed E-state index contributed by atoms with van der Waals surface area (Å²) >= 11 is 5.89. The van der Waals surface area contributed by atoms with Gasteiger partial charge in [0.1, 0.15) is 6.10 Å². The topological polar surface area (TPSA) is 81.2 Å². The standard InChI is InChI=1S/C14H18ClN3O3/c1-9(19)21-11-4-2-10(3-5-11)14(20)18-8-12-13(15)17-7-6-16-12/h6-7,10-11H,2-5,8H2,1H3,(H,18,20). The lowest BCUT2D eigenvalue weighted by molar-refractivity contribution is -0.148. The lowest BCUT2D eigenvalue weighted by Crippen LogP contribution is -2.35. The van der Waals surface area contributed by atoms with Crippen molar-refractivity contribution in [3.8, 4) is 0 Å². The Bertz CT molecular complexity index is 516. The minimum absolute atomic E-state index is 0.0157. The molecule has 21 heavy (non-hydrogen) atoms. The summed E-state index contributed by atoms with van der Waals surface area (Å²) in [5.74, 6) is -0.328. The number of nitrogens with zero attached hydrogens (tertiary/aromatic N) is 2. The molecule has 1 aromatic heterocycles. The van der Waals surface area contributed by atoms with E-state index in [9.17, 15) is 9.59 Å². The van der Waals surface area contributed by atoms with Crippen molar-refractivity contribution < 1.29 is 14.3 Å². The van der Waals surface area contributed by atoms with Crippen LogP contribution in [0.15, 0.2) is 12.4 Å². The lowest BCUT2D eigenvalue weighted by atomic mass is 9.87. The highest BCUT2D eigenvalue weighted by molar-refractivity contribution is 6.29. The highest BCUT2D eigenvalue weighted by Gasteiger charge is 2.27. The van der Waals surface area contributed by atoms with Gasteiger partial charge in [-0.3, -0.25) is 14.6 Å². The number of aromatic nitrogens is 2. The number of esters is 1. The maximum absolute atomic E-state index is 12.1.